The summed E-state index contributed by atoms with van der Waals surface area (Å²) in [6, 6.07) is 4.28. The van der Waals surface area contributed by atoms with E-state index in [0.717, 1.165) is 43.5 Å². The molecule has 6 heteroatoms. The van der Waals surface area contributed by atoms with E-state index in [1.54, 1.807) is 7.11 Å². The van der Waals surface area contributed by atoms with Crippen molar-refractivity contribution in [2.75, 3.05) is 38.2 Å². The summed E-state index contributed by atoms with van der Waals surface area (Å²) in [5.41, 5.74) is 1.20. The fourth-order valence-corrected chi connectivity index (χ4v) is 3.44. The van der Waals surface area contributed by atoms with Gasteiger partial charge in [-0.05, 0) is 36.8 Å². The highest BCUT2D eigenvalue weighted by atomic mass is 16.5. The Morgan fingerprint density at radius 2 is 1.89 bits per heavy atom. The summed E-state index contributed by atoms with van der Waals surface area (Å²) in [6.45, 7) is 13.0. The maximum Gasteiger partial charge on any atom is 0.191 e. The number of hydrogen-bond donors (Lipinski definition) is 2. The number of nitrogens with zero attached hydrogens (tertiary/aromatic N) is 3. The Hall–Kier alpha value is -1.82. The lowest BCUT2D eigenvalue weighted by molar-refractivity contribution is 0.0205. The molecule has 0 aromatic carbocycles. The van der Waals surface area contributed by atoms with Crippen molar-refractivity contribution in [1.29, 1.82) is 0 Å². The third-order valence-corrected chi connectivity index (χ3v) is 5.21. The number of hydrogen-bond acceptors (Lipinski definition) is 4. The van der Waals surface area contributed by atoms with Crippen molar-refractivity contribution >= 4 is 11.8 Å². The molecule has 1 aliphatic heterocycles. The molecule has 0 saturated carbocycles. The summed E-state index contributed by atoms with van der Waals surface area (Å²) in [6.07, 6.45) is 7.28. The van der Waals surface area contributed by atoms with Crippen molar-refractivity contribution in [3.05, 3.63) is 23.9 Å². The zero-order chi connectivity index (χ0) is 20.4. The second-order valence-electron chi connectivity index (χ2n) is 8.59. The molecule has 1 fully saturated rings. The first-order chi connectivity index (χ1) is 13.4. The number of aromatic nitrogens is 1. The van der Waals surface area contributed by atoms with E-state index in [4.69, 9.17) is 9.73 Å². The Bertz CT molecular complexity index is 586. The number of nitrogens with one attached hydrogen (secondary N) is 2. The topological polar surface area (TPSA) is 61.8 Å². The van der Waals surface area contributed by atoms with E-state index in [9.17, 15) is 0 Å². The van der Waals surface area contributed by atoms with Gasteiger partial charge in [-0.1, -0.05) is 39.7 Å². The first-order valence-electron chi connectivity index (χ1n) is 10.7. The van der Waals surface area contributed by atoms with Crippen LogP contribution >= 0.6 is 0 Å². The molecule has 2 rings (SSSR count). The van der Waals surface area contributed by atoms with Crippen LogP contribution in [0.15, 0.2) is 23.3 Å². The van der Waals surface area contributed by atoms with Crippen molar-refractivity contribution in [1.82, 2.24) is 15.6 Å². The Morgan fingerprint density at radius 1 is 1.18 bits per heavy atom. The van der Waals surface area contributed by atoms with E-state index >= 15 is 0 Å². The zero-order valence-corrected chi connectivity index (χ0v) is 18.4. The van der Waals surface area contributed by atoms with Crippen LogP contribution in [0.25, 0.3) is 0 Å². The molecule has 0 bridgehead atoms. The smallest absolute Gasteiger partial charge is 0.191 e. The number of rotatable bonds is 7. The molecule has 6 nitrogen and oxygen atoms in total. The largest absolute Gasteiger partial charge is 0.379 e. The van der Waals surface area contributed by atoms with Crippen molar-refractivity contribution in [3.63, 3.8) is 0 Å². The zero-order valence-electron chi connectivity index (χ0n) is 18.4. The van der Waals surface area contributed by atoms with Gasteiger partial charge in [0, 0.05) is 39.5 Å². The molecular weight excluding hydrogens is 350 g/mol. The Morgan fingerprint density at radius 3 is 2.43 bits per heavy atom. The summed E-state index contributed by atoms with van der Waals surface area (Å²) < 4.78 is 5.63. The van der Waals surface area contributed by atoms with Crippen LogP contribution in [0, 0.1) is 5.41 Å². The van der Waals surface area contributed by atoms with Gasteiger partial charge < -0.3 is 20.3 Å². The van der Waals surface area contributed by atoms with Gasteiger partial charge in [0.1, 0.15) is 5.82 Å². The minimum atomic E-state index is 0.0756. The summed E-state index contributed by atoms with van der Waals surface area (Å²) in [4.78, 5) is 11.8. The highest BCUT2D eigenvalue weighted by Gasteiger charge is 2.24. The van der Waals surface area contributed by atoms with Crippen LogP contribution in [0.4, 0.5) is 5.82 Å². The van der Waals surface area contributed by atoms with Gasteiger partial charge in [-0.15, -0.1) is 0 Å². The maximum absolute atomic E-state index is 5.63. The van der Waals surface area contributed by atoms with Gasteiger partial charge in [-0.25, -0.2) is 9.98 Å². The van der Waals surface area contributed by atoms with Gasteiger partial charge in [-0.2, -0.15) is 0 Å². The molecule has 0 aliphatic carbocycles. The number of methoxy groups -OCH3 is 1. The van der Waals surface area contributed by atoms with E-state index in [-0.39, 0.29) is 11.5 Å². The molecule has 1 aromatic rings. The van der Waals surface area contributed by atoms with Crippen LogP contribution in [0.3, 0.4) is 0 Å². The molecule has 0 spiro atoms. The average molecular weight is 390 g/mol. The van der Waals surface area contributed by atoms with Crippen molar-refractivity contribution in [3.8, 4) is 0 Å². The molecule has 1 aromatic heterocycles. The summed E-state index contributed by atoms with van der Waals surface area (Å²) in [5.74, 6) is 1.90. The quantitative estimate of drug-likeness (QED) is 0.551. The molecule has 2 N–H and O–H groups in total. The molecule has 2 heterocycles. The Labute approximate surface area is 171 Å². The van der Waals surface area contributed by atoms with Crippen LogP contribution in [-0.4, -0.2) is 50.3 Å². The second-order valence-corrected chi connectivity index (χ2v) is 8.59. The molecule has 1 unspecified atom stereocenters. The average Bonchev–Trinajstić information content (AvgIpc) is 2.95. The monoisotopic (exact) mass is 389 g/mol. The molecule has 0 amide bonds. The lowest BCUT2D eigenvalue weighted by Crippen LogP contribution is -2.45. The number of anilines is 1. The van der Waals surface area contributed by atoms with E-state index in [2.05, 4.69) is 60.3 Å². The third kappa shape index (κ3) is 7.30. The van der Waals surface area contributed by atoms with Gasteiger partial charge in [0.2, 0.25) is 0 Å². The predicted molar refractivity (Wildman–Crippen MR) is 118 cm³/mol. The highest BCUT2D eigenvalue weighted by molar-refractivity contribution is 5.79. The fourth-order valence-electron chi connectivity index (χ4n) is 3.44. The van der Waals surface area contributed by atoms with Crippen molar-refractivity contribution in [2.24, 2.45) is 10.4 Å². The van der Waals surface area contributed by atoms with Crippen LogP contribution in [0.2, 0.25) is 0 Å². The van der Waals surface area contributed by atoms with E-state index in [1.807, 2.05) is 6.20 Å². The van der Waals surface area contributed by atoms with Crippen molar-refractivity contribution in [2.45, 2.75) is 66.0 Å². The second kappa shape index (κ2) is 11.2. The molecular formula is C22H39N5O. The molecule has 158 valence electrons. The van der Waals surface area contributed by atoms with Crippen LogP contribution in [0.5, 0.6) is 0 Å². The minimum absolute atomic E-state index is 0.0756. The van der Waals surface area contributed by atoms with E-state index in [1.165, 1.54) is 25.7 Å². The summed E-state index contributed by atoms with van der Waals surface area (Å²) in [7, 11) is 1.76. The van der Waals surface area contributed by atoms with Crippen LogP contribution in [-0.2, 0) is 11.3 Å². The summed E-state index contributed by atoms with van der Waals surface area (Å²) in [5, 5.41) is 6.71. The maximum atomic E-state index is 5.63. The molecule has 1 saturated heterocycles. The van der Waals surface area contributed by atoms with Crippen LogP contribution in [0.1, 0.15) is 58.9 Å². The third-order valence-electron chi connectivity index (χ3n) is 5.21. The molecule has 28 heavy (non-hydrogen) atoms. The first-order valence-corrected chi connectivity index (χ1v) is 10.7. The highest BCUT2D eigenvalue weighted by Crippen LogP contribution is 2.21. The van der Waals surface area contributed by atoms with Gasteiger partial charge in [-0.3, -0.25) is 0 Å². The molecule has 1 atom stereocenters. The standard InChI is InChI=1S/C22H39N5O/c1-6-23-21(26-17-19(28-5)22(2,3)4)25-16-18-11-12-20(24-15-18)27-13-9-7-8-10-14-27/h11-12,15,19H,6-10,13-14,16-17H2,1-5H3,(H2,23,25,26). The van der Waals surface area contributed by atoms with Crippen LogP contribution < -0.4 is 15.5 Å². The Balaban J connectivity index is 1.94. The minimum Gasteiger partial charge on any atom is -0.379 e. The first kappa shape index (κ1) is 22.5. The summed E-state index contributed by atoms with van der Waals surface area (Å²) >= 11 is 0. The lowest BCUT2D eigenvalue weighted by atomic mass is 9.89. The normalized spacial score (nSPS) is 17.2. The molecule has 0 radical (unpaired) electrons. The number of ether oxygens (including phenoxy) is 1. The van der Waals surface area contributed by atoms with E-state index < -0.39 is 0 Å². The number of pyridine rings is 1. The van der Waals surface area contributed by atoms with Crippen molar-refractivity contribution < 1.29 is 4.74 Å². The van der Waals surface area contributed by atoms with E-state index in [0.29, 0.717) is 6.54 Å². The Kier molecular flexibility index (Phi) is 9.03. The van der Waals surface area contributed by atoms with Gasteiger partial charge in [0.05, 0.1) is 12.6 Å². The van der Waals surface area contributed by atoms with Gasteiger partial charge in [0.25, 0.3) is 0 Å². The number of guanidine groups is 1. The predicted octanol–water partition coefficient (Wildman–Crippen LogP) is 3.58. The lowest BCUT2D eigenvalue weighted by Gasteiger charge is -2.30. The van der Waals surface area contributed by atoms with Gasteiger partial charge >= 0.3 is 0 Å². The number of aliphatic imine (C=N–C) groups is 1. The molecule has 1 aliphatic rings. The SMILES string of the molecule is CCNC(=NCc1ccc(N2CCCCCC2)nc1)NCC(OC)C(C)(C)C. The fraction of sp³-hybridized carbons (Fsp3) is 0.727. The van der Waals surface area contributed by atoms with Gasteiger partial charge in [0.15, 0.2) is 5.96 Å².